The lowest BCUT2D eigenvalue weighted by Gasteiger charge is -2.27. The number of hydrogen-bond donors (Lipinski definition) is 0. The quantitative estimate of drug-likeness (QED) is 0.157. The molecule has 0 aliphatic carbocycles. The average molecular weight is 778 g/mol. The van der Waals surface area contributed by atoms with E-state index in [1.807, 2.05) is 0 Å². The van der Waals surface area contributed by atoms with Gasteiger partial charge in [0, 0.05) is 50.0 Å². The van der Waals surface area contributed by atoms with Crippen molar-refractivity contribution in [3.63, 3.8) is 0 Å². The normalized spacial score (nSPS) is 11.6. The molecule has 2 heterocycles. The van der Waals surface area contributed by atoms with Gasteiger partial charge in [0.2, 0.25) is 0 Å². The Balaban J connectivity index is 1.14. The molecule has 0 unspecified atom stereocenters. The third kappa shape index (κ3) is 5.90. The Hall–Kier alpha value is -8.14. The Labute approximate surface area is 354 Å². The van der Waals surface area contributed by atoms with Gasteiger partial charge >= 0.3 is 0 Å². The summed E-state index contributed by atoms with van der Waals surface area (Å²) < 4.78 is 4.84. The van der Waals surface area contributed by atoms with Gasteiger partial charge in [-0.3, -0.25) is 0 Å². The number of para-hydroxylation sites is 4. The van der Waals surface area contributed by atoms with Gasteiger partial charge in [-0.05, 0) is 112 Å². The Morgan fingerprint density at radius 1 is 0.246 bits per heavy atom. The van der Waals surface area contributed by atoms with E-state index in [-0.39, 0.29) is 0 Å². The van der Waals surface area contributed by atoms with Gasteiger partial charge in [0.1, 0.15) is 0 Å². The molecule has 10 aromatic carbocycles. The molecule has 0 aliphatic heterocycles. The standard InChI is InChI=1S/C58H39N3/c1-3-15-40(16-4-1)42-27-31-47(32-28-42)59(48-33-29-41-17-7-8-18-43(41)35-48)49-36-45(37-50(39-49)61-56-25-13-9-21-51(56)52-22-10-14-26-57(52)61)44-30-34-54-53-23-11-12-24-55(53)60(58(54)38-44)46-19-5-2-6-20-46/h1-39H. The Morgan fingerprint density at radius 3 is 1.43 bits per heavy atom. The number of rotatable bonds is 7. The number of nitrogens with zero attached hydrogens (tertiary/aromatic N) is 3. The van der Waals surface area contributed by atoms with Crippen molar-refractivity contribution in [2.45, 2.75) is 0 Å². The van der Waals surface area contributed by atoms with Crippen LogP contribution in [0.5, 0.6) is 0 Å². The molecule has 3 heteroatoms. The summed E-state index contributed by atoms with van der Waals surface area (Å²) in [6, 6.07) is 86.2. The Kier molecular flexibility index (Phi) is 8.17. The number of anilines is 3. The van der Waals surface area contributed by atoms with E-state index in [0.29, 0.717) is 0 Å². The van der Waals surface area contributed by atoms with Gasteiger partial charge in [-0.2, -0.15) is 0 Å². The van der Waals surface area contributed by atoms with Crippen LogP contribution in [-0.4, -0.2) is 9.13 Å². The molecule has 3 nitrogen and oxygen atoms in total. The van der Waals surface area contributed by atoms with Crippen molar-refractivity contribution in [1.82, 2.24) is 9.13 Å². The molecule has 0 spiro atoms. The van der Waals surface area contributed by atoms with Crippen LogP contribution in [0.4, 0.5) is 17.1 Å². The van der Waals surface area contributed by atoms with Gasteiger partial charge < -0.3 is 14.0 Å². The van der Waals surface area contributed by atoms with Crippen molar-refractivity contribution in [3.05, 3.63) is 237 Å². The van der Waals surface area contributed by atoms with Crippen molar-refractivity contribution < 1.29 is 0 Å². The lowest BCUT2D eigenvalue weighted by atomic mass is 10.0. The Bertz CT molecular complexity index is 3530. The third-order valence-electron chi connectivity index (χ3n) is 12.2. The van der Waals surface area contributed by atoms with Crippen molar-refractivity contribution in [2.24, 2.45) is 0 Å². The van der Waals surface area contributed by atoms with Gasteiger partial charge in [0.05, 0.1) is 22.1 Å². The topological polar surface area (TPSA) is 13.1 Å². The van der Waals surface area contributed by atoms with E-state index in [2.05, 4.69) is 251 Å². The maximum Gasteiger partial charge on any atom is 0.0547 e. The zero-order valence-corrected chi connectivity index (χ0v) is 33.4. The second-order valence-electron chi connectivity index (χ2n) is 15.8. The van der Waals surface area contributed by atoms with E-state index in [1.54, 1.807) is 0 Å². The van der Waals surface area contributed by atoms with Crippen LogP contribution in [0.1, 0.15) is 0 Å². The van der Waals surface area contributed by atoms with Crippen LogP contribution in [0.15, 0.2) is 237 Å². The third-order valence-corrected chi connectivity index (χ3v) is 12.2. The highest BCUT2D eigenvalue weighted by atomic mass is 15.1. The zero-order valence-electron chi connectivity index (χ0n) is 33.4. The first-order valence-electron chi connectivity index (χ1n) is 20.9. The monoisotopic (exact) mass is 777 g/mol. The molecular formula is C58H39N3. The summed E-state index contributed by atoms with van der Waals surface area (Å²) in [5.74, 6) is 0. The SMILES string of the molecule is c1ccc(-c2ccc(N(c3cc(-c4ccc5c6ccccc6n(-c6ccccc6)c5c4)cc(-n4c5ccccc5c5ccccc54)c3)c3ccc4ccccc4c3)cc2)cc1. The molecular weight excluding hydrogens is 739 g/mol. The van der Waals surface area contributed by atoms with Crippen LogP contribution in [0.25, 0.3) is 88.0 Å². The second-order valence-corrected chi connectivity index (χ2v) is 15.8. The van der Waals surface area contributed by atoms with E-state index in [4.69, 9.17) is 0 Å². The van der Waals surface area contributed by atoms with E-state index >= 15 is 0 Å². The van der Waals surface area contributed by atoms with Gasteiger partial charge in [-0.25, -0.2) is 0 Å². The van der Waals surface area contributed by atoms with Crippen LogP contribution in [0, 0.1) is 0 Å². The number of hydrogen-bond acceptors (Lipinski definition) is 1. The fraction of sp³-hybridized carbons (Fsp3) is 0. The second kappa shape index (κ2) is 14.3. The molecule has 0 aliphatic rings. The number of aromatic nitrogens is 2. The molecule has 0 saturated carbocycles. The maximum absolute atomic E-state index is 2.44. The molecule has 0 N–H and O–H groups in total. The van der Waals surface area contributed by atoms with Crippen molar-refractivity contribution >= 4 is 71.4 Å². The maximum atomic E-state index is 2.44. The highest BCUT2D eigenvalue weighted by Crippen LogP contribution is 2.43. The predicted octanol–water partition coefficient (Wildman–Crippen LogP) is 15.8. The molecule has 286 valence electrons. The molecule has 0 radical (unpaired) electrons. The van der Waals surface area contributed by atoms with E-state index in [1.165, 1.54) is 65.5 Å². The first-order valence-corrected chi connectivity index (χ1v) is 20.9. The predicted molar refractivity (Wildman–Crippen MR) is 258 cm³/mol. The van der Waals surface area contributed by atoms with Gasteiger partial charge in [-0.15, -0.1) is 0 Å². The van der Waals surface area contributed by atoms with Crippen molar-refractivity contribution in [1.29, 1.82) is 0 Å². The summed E-state index contributed by atoms with van der Waals surface area (Å²) in [5, 5.41) is 7.37. The molecule has 2 aromatic heterocycles. The van der Waals surface area contributed by atoms with Crippen LogP contribution >= 0.6 is 0 Å². The minimum absolute atomic E-state index is 1.07. The van der Waals surface area contributed by atoms with Crippen LogP contribution in [0.2, 0.25) is 0 Å². The molecule has 61 heavy (non-hydrogen) atoms. The lowest BCUT2D eigenvalue weighted by Crippen LogP contribution is -2.11. The van der Waals surface area contributed by atoms with Crippen molar-refractivity contribution in [3.8, 4) is 33.6 Å². The van der Waals surface area contributed by atoms with Crippen LogP contribution < -0.4 is 4.90 Å². The summed E-state index contributed by atoms with van der Waals surface area (Å²) >= 11 is 0. The molecule has 0 bridgehead atoms. The molecule has 0 saturated heterocycles. The van der Waals surface area contributed by atoms with Crippen LogP contribution in [-0.2, 0) is 0 Å². The minimum atomic E-state index is 1.07. The van der Waals surface area contributed by atoms with Gasteiger partial charge in [0.15, 0.2) is 0 Å². The number of benzene rings is 10. The highest BCUT2D eigenvalue weighted by Gasteiger charge is 2.20. The molecule has 0 fully saturated rings. The molecule has 12 rings (SSSR count). The first kappa shape index (κ1) is 34.9. The molecule has 0 amide bonds. The van der Waals surface area contributed by atoms with Gasteiger partial charge in [0.25, 0.3) is 0 Å². The van der Waals surface area contributed by atoms with Crippen LogP contribution in [0.3, 0.4) is 0 Å². The minimum Gasteiger partial charge on any atom is -0.310 e. The fourth-order valence-electron chi connectivity index (χ4n) is 9.42. The Morgan fingerprint density at radius 2 is 0.754 bits per heavy atom. The average Bonchev–Trinajstić information content (AvgIpc) is 3.85. The molecule has 12 aromatic rings. The van der Waals surface area contributed by atoms with Crippen molar-refractivity contribution in [2.75, 3.05) is 4.90 Å². The molecule has 0 atom stereocenters. The summed E-state index contributed by atoms with van der Waals surface area (Å²) in [4.78, 5) is 2.42. The summed E-state index contributed by atoms with van der Waals surface area (Å²) in [7, 11) is 0. The lowest BCUT2D eigenvalue weighted by molar-refractivity contribution is 1.17. The fourth-order valence-corrected chi connectivity index (χ4v) is 9.42. The largest absolute Gasteiger partial charge is 0.310 e. The van der Waals surface area contributed by atoms with E-state index in [9.17, 15) is 0 Å². The summed E-state index contributed by atoms with van der Waals surface area (Å²) in [6.45, 7) is 0. The first-order chi connectivity index (χ1) is 30.2. The highest BCUT2D eigenvalue weighted by molar-refractivity contribution is 6.11. The van der Waals surface area contributed by atoms with E-state index in [0.717, 1.165) is 39.6 Å². The zero-order chi connectivity index (χ0) is 40.3. The smallest absolute Gasteiger partial charge is 0.0547 e. The summed E-state index contributed by atoms with van der Waals surface area (Å²) in [6.07, 6.45) is 0. The van der Waals surface area contributed by atoms with Gasteiger partial charge in [-0.1, -0.05) is 158 Å². The van der Waals surface area contributed by atoms with E-state index < -0.39 is 0 Å². The summed E-state index contributed by atoms with van der Waals surface area (Å²) in [5.41, 5.74) is 14.9. The number of fused-ring (bicyclic) bond motifs is 7.